The summed E-state index contributed by atoms with van der Waals surface area (Å²) in [5.41, 5.74) is 0.429. The Labute approximate surface area is 195 Å². The third kappa shape index (κ3) is 5.60. The maximum atomic E-state index is 12.8. The van der Waals surface area contributed by atoms with Crippen LogP contribution in [0.5, 0.6) is 11.5 Å². The molecule has 4 amide bonds. The van der Waals surface area contributed by atoms with Crippen LogP contribution in [-0.2, 0) is 26.1 Å². The van der Waals surface area contributed by atoms with Crippen LogP contribution in [0.25, 0.3) is 6.08 Å². The first kappa shape index (κ1) is 24.0. The first-order valence-corrected chi connectivity index (χ1v) is 11.4. The molecule has 0 saturated carbocycles. The van der Waals surface area contributed by atoms with Crippen molar-refractivity contribution < 1.29 is 31.7 Å². The average Bonchev–Trinajstić information content (AvgIpc) is 2.73. The molecule has 0 aliphatic carbocycles. The van der Waals surface area contributed by atoms with Crippen molar-refractivity contribution in [2.24, 2.45) is 0 Å². The molecule has 1 heterocycles. The summed E-state index contributed by atoms with van der Waals surface area (Å²) in [5.74, 6) is -1.70. The molecule has 2 aromatic rings. The summed E-state index contributed by atoms with van der Waals surface area (Å²) in [6, 6.07) is 7.50. The van der Waals surface area contributed by atoms with Gasteiger partial charge >= 0.3 is 16.1 Å². The first-order chi connectivity index (χ1) is 15.6. The number of benzene rings is 2. The van der Waals surface area contributed by atoms with Gasteiger partial charge in [0.2, 0.25) is 0 Å². The second kappa shape index (κ2) is 9.88. The topological polar surface area (TPSA) is 128 Å². The van der Waals surface area contributed by atoms with Crippen molar-refractivity contribution in [1.29, 1.82) is 0 Å². The molecule has 172 valence electrons. The maximum absolute atomic E-state index is 12.8. The molecule has 0 aromatic heterocycles. The van der Waals surface area contributed by atoms with E-state index in [0.29, 0.717) is 16.1 Å². The van der Waals surface area contributed by atoms with Crippen LogP contribution < -0.4 is 19.6 Å². The van der Waals surface area contributed by atoms with Gasteiger partial charge < -0.3 is 8.92 Å². The number of carbonyl (C=O) groups is 3. The molecule has 0 radical (unpaired) electrons. The zero-order valence-corrected chi connectivity index (χ0v) is 19.0. The van der Waals surface area contributed by atoms with Crippen LogP contribution in [0.1, 0.15) is 18.1 Å². The number of allylic oxidation sites excluding steroid dienone is 1. The molecule has 1 aliphatic rings. The van der Waals surface area contributed by atoms with Gasteiger partial charge in [-0.3, -0.25) is 20.2 Å². The van der Waals surface area contributed by atoms with Gasteiger partial charge in [0.05, 0.1) is 6.61 Å². The van der Waals surface area contributed by atoms with Crippen LogP contribution in [0.3, 0.4) is 0 Å². The Kier molecular flexibility index (Phi) is 7.19. The summed E-state index contributed by atoms with van der Waals surface area (Å²) in [6.45, 7) is 5.55. The Balaban J connectivity index is 2.09. The number of hydrogen-bond acceptors (Lipinski definition) is 7. The van der Waals surface area contributed by atoms with Gasteiger partial charge in [-0.05, 0) is 61.4 Å². The number of amides is 4. The summed E-state index contributed by atoms with van der Waals surface area (Å²) in [7, 11) is -4.23. The van der Waals surface area contributed by atoms with E-state index in [-0.39, 0.29) is 35.0 Å². The molecule has 3 rings (SSSR count). The summed E-state index contributed by atoms with van der Waals surface area (Å²) in [5, 5.41) is 4.34. The van der Waals surface area contributed by atoms with E-state index in [4.69, 9.17) is 20.5 Å². The minimum atomic E-state index is -4.23. The molecule has 1 saturated heterocycles. The molecule has 1 fully saturated rings. The first-order valence-electron chi connectivity index (χ1n) is 9.63. The summed E-state index contributed by atoms with van der Waals surface area (Å²) in [4.78, 5) is 35.3. The molecule has 11 heteroatoms. The molecule has 9 nitrogen and oxygen atoms in total. The Morgan fingerprint density at radius 2 is 1.70 bits per heavy atom. The summed E-state index contributed by atoms with van der Waals surface area (Å²) in [6.07, 6.45) is 2.98. The number of hydrogen-bond donors (Lipinski definition) is 2. The van der Waals surface area contributed by atoms with Gasteiger partial charge in [0, 0.05) is 10.6 Å². The summed E-state index contributed by atoms with van der Waals surface area (Å²) < 4.78 is 36.7. The molecule has 0 atom stereocenters. The fourth-order valence-electron chi connectivity index (χ4n) is 2.96. The number of halogens is 1. The lowest BCUT2D eigenvalue weighted by molar-refractivity contribution is -0.123. The van der Waals surface area contributed by atoms with Crippen molar-refractivity contribution in [3.05, 3.63) is 70.8 Å². The lowest BCUT2D eigenvalue weighted by Gasteiger charge is -2.17. The standard InChI is InChI=1S/C22H19ClN2O7S/c1-3-5-14-10-13(11-17-20(26)24-22(28)25-21(17)27)12-18(31-4-2)19(14)32-33(29,30)16-8-6-15(23)7-9-16/h3,6-12H,1,4-5H2,2H3,(H2,24,25,26,27,28). The second-order valence-corrected chi connectivity index (χ2v) is 8.70. The summed E-state index contributed by atoms with van der Waals surface area (Å²) >= 11 is 5.83. The lowest BCUT2D eigenvalue weighted by atomic mass is 10.0. The SMILES string of the molecule is C=CCc1cc(C=C2C(=O)NC(=O)NC2=O)cc(OCC)c1OS(=O)(=O)c1ccc(Cl)cc1. The molecule has 0 spiro atoms. The number of carbonyl (C=O) groups excluding carboxylic acids is 3. The van der Waals surface area contributed by atoms with E-state index < -0.39 is 28.0 Å². The minimum absolute atomic E-state index is 0.0541. The molecular formula is C22H19ClN2O7S. The van der Waals surface area contributed by atoms with E-state index in [9.17, 15) is 22.8 Å². The van der Waals surface area contributed by atoms with Crippen molar-refractivity contribution in [1.82, 2.24) is 10.6 Å². The molecule has 0 bridgehead atoms. The molecule has 2 N–H and O–H groups in total. The van der Waals surface area contributed by atoms with Crippen LogP contribution in [0.15, 0.2) is 59.5 Å². The zero-order valence-electron chi connectivity index (χ0n) is 17.4. The van der Waals surface area contributed by atoms with E-state index in [0.717, 1.165) is 0 Å². The van der Waals surface area contributed by atoms with Crippen LogP contribution >= 0.6 is 11.6 Å². The van der Waals surface area contributed by atoms with Crippen LogP contribution in [-0.4, -0.2) is 32.9 Å². The monoisotopic (exact) mass is 490 g/mol. The molecule has 0 unspecified atom stereocenters. The van der Waals surface area contributed by atoms with E-state index >= 15 is 0 Å². The minimum Gasteiger partial charge on any atom is -0.490 e. The number of barbiturate groups is 1. The number of ether oxygens (including phenoxy) is 1. The Bertz CT molecular complexity index is 1250. The second-order valence-electron chi connectivity index (χ2n) is 6.72. The highest BCUT2D eigenvalue weighted by molar-refractivity contribution is 7.87. The normalized spacial score (nSPS) is 13.8. The van der Waals surface area contributed by atoms with Crippen LogP contribution in [0.4, 0.5) is 4.79 Å². The van der Waals surface area contributed by atoms with Gasteiger partial charge in [-0.2, -0.15) is 8.42 Å². The number of imide groups is 2. The van der Waals surface area contributed by atoms with Crippen molar-refractivity contribution in [3.63, 3.8) is 0 Å². The van der Waals surface area contributed by atoms with E-state index in [1.54, 1.807) is 6.92 Å². The van der Waals surface area contributed by atoms with Crippen molar-refractivity contribution in [3.8, 4) is 11.5 Å². The van der Waals surface area contributed by atoms with E-state index in [1.807, 2.05) is 10.6 Å². The van der Waals surface area contributed by atoms with Gasteiger partial charge in [-0.15, -0.1) is 6.58 Å². The predicted octanol–water partition coefficient (Wildman–Crippen LogP) is 2.98. The number of nitrogens with one attached hydrogen (secondary N) is 2. The highest BCUT2D eigenvalue weighted by Crippen LogP contribution is 2.37. The fraction of sp³-hybridized carbons (Fsp3) is 0.136. The molecular weight excluding hydrogens is 472 g/mol. The van der Waals surface area contributed by atoms with Crippen LogP contribution in [0.2, 0.25) is 5.02 Å². The molecule has 33 heavy (non-hydrogen) atoms. The van der Waals surface area contributed by atoms with Gasteiger partial charge in [0.15, 0.2) is 11.5 Å². The number of rotatable bonds is 8. The lowest BCUT2D eigenvalue weighted by Crippen LogP contribution is -2.51. The zero-order chi connectivity index (χ0) is 24.2. The molecule has 2 aromatic carbocycles. The Hall–Kier alpha value is -3.63. The van der Waals surface area contributed by atoms with Crippen molar-refractivity contribution in [2.45, 2.75) is 18.2 Å². The van der Waals surface area contributed by atoms with Gasteiger partial charge in [0.1, 0.15) is 10.5 Å². The van der Waals surface area contributed by atoms with Crippen molar-refractivity contribution >= 4 is 45.6 Å². The smallest absolute Gasteiger partial charge is 0.339 e. The highest BCUT2D eigenvalue weighted by atomic mass is 35.5. The fourth-order valence-corrected chi connectivity index (χ4v) is 4.06. The maximum Gasteiger partial charge on any atom is 0.339 e. The number of urea groups is 1. The van der Waals surface area contributed by atoms with Gasteiger partial charge in [0.25, 0.3) is 11.8 Å². The largest absolute Gasteiger partial charge is 0.490 e. The Morgan fingerprint density at radius 3 is 2.27 bits per heavy atom. The third-order valence-electron chi connectivity index (χ3n) is 4.37. The van der Waals surface area contributed by atoms with Gasteiger partial charge in [-0.25, -0.2) is 4.79 Å². The molecule has 1 aliphatic heterocycles. The van der Waals surface area contributed by atoms with E-state index in [2.05, 4.69) is 6.58 Å². The average molecular weight is 491 g/mol. The van der Waals surface area contributed by atoms with E-state index in [1.165, 1.54) is 48.6 Å². The third-order valence-corrected chi connectivity index (χ3v) is 5.86. The Morgan fingerprint density at radius 1 is 1.06 bits per heavy atom. The predicted molar refractivity (Wildman–Crippen MR) is 120 cm³/mol. The highest BCUT2D eigenvalue weighted by Gasteiger charge is 2.28. The van der Waals surface area contributed by atoms with Crippen molar-refractivity contribution in [2.75, 3.05) is 6.61 Å². The van der Waals surface area contributed by atoms with Gasteiger partial charge in [-0.1, -0.05) is 17.7 Å². The quantitative estimate of drug-likeness (QED) is 0.252. The van der Waals surface area contributed by atoms with Crippen LogP contribution in [0, 0.1) is 0 Å².